The van der Waals surface area contributed by atoms with Gasteiger partial charge in [-0.15, -0.1) is 0 Å². The van der Waals surface area contributed by atoms with E-state index in [9.17, 15) is 18.0 Å². The van der Waals surface area contributed by atoms with E-state index in [0.717, 1.165) is 12.1 Å². The number of anilines is 1. The van der Waals surface area contributed by atoms with Gasteiger partial charge in [-0.2, -0.15) is 18.3 Å². The Morgan fingerprint density at radius 3 is 2.54 bits per heavy atom. The number of carbonyl (C=O) groups is 1. The third-order valence-electron chi connectivity index (χ3n) is 3.26. The van der Waals surface area contributed by atoms with Gasteiger partial charge in [0.25, 0.3) is 0 Å². The number of ether oxygens (including phenoxy) is 1. The number of amides is 1. The largest absolute Gasteiger partial charge is 0.444 e. The lowest BCUT2D eigenvalue weighted by atomic mass is 10.0. The van der Waals surface area contributed by atoms with Gasteiger partial charge in [-0.05, 0) is 44.5 Å². The Balaban J connectivity index is 2.02. The zero-order valence-corrected chi connectivity index (χ0v) is 14.7. The smallest absolute Gasteiger partial charge is 0.416 e. The summed E-state index contributed by atoms with van der Waals surface area (Å²) in [7, 11) is 0. The highest BCUT2D eigenvalue weighted by molar-refractivity contribution is 5.68. The van der Waals surface area contributed by atoms with Crippen molar-refractivity contribution in [2.45, 2.75) is 39.1 Å². The zero-order valence-electron chi connectivity index (χ0n) is 14.7. The highest BCUT2D eigenvalue weighted by atomic mass is 19.4. The number of nitrogens with two attached hydrogens (primary N) is 1. The van der Waals surface area contributed by atoms with Crippen LogP contribution in [0.3, 0.4) is 0 Å². The van der Waals surface area contributed by atoms with Crippen molar-refractivity contribution in [1.82, 2.24) is 15.1 Å². The third-order valence-corrected chi connectivity index (χ3v) is 3.26. The zero-order chi connectivity index (χ0) is 19.5. The average Bonchev–Trinajstić information content (AvgIpc) is 2.92. The Hall–Kier alpha value is -2.71. The van der Waals surface area contributed by atoms with Gasteiger partial charge in [-0.1, -0.05) is 0 Å². The number of nitrogen functional groups attached to an aromatic ring is 1. The Bertz CT molecular complexity index is 779. The van der Waals surface area contributed by atoms with E-state index in [-0.39, 0.29) is 12.2 Å². The summed E-state index contributed by atoms with van der Waals surface area (Å²) in [4.78, 5) is 11.6. The van der Waals surface area contributed by atoms with E-state index >= 15 is 0 Å². The molecule has 1 aromatic heterocycles. The first kappa shape index (κ1) is 19.6. The van der Waals surface area contributed by atoms with Crippen molar-refractivity contribution in [3.8, 4) is 11.1 Å². The monoisotopic (exact) mass is 370 g/mol. The number of halogens is 3. The molecule has 1 amide bonds. The Morgan fingerprint density at radius 1 is 1.23 bits per heavy atom. The molecule has 142 valence electrons. The highest BCUT2D eigenvalue weighted by Crippen LogP contribution is 2.34. The molecule has 2 rings (SSSR count). The number of aromatic nitrogens is 2. The van der Waals surface area contributed by atoms with E-state index in [1.165, 1.54) is 16.9 Å². The van der Waals surface area contributed by atoms with Crippen molar-refractivity contribution < 1.29 is 22.7 Å². The summed E-state index contributed by atoms with van der Waals surface area (Å²) in [6.07, 6.45) is -1.98. The summed E-state index contributed by atoms with van der Waals surface area (Å²) in [6.45, 7) is 5.88. The van der Waals surface area contributed by atoms with Crippen LogP contribution in [0.5, 0.6) is 0 Å². The molecule has 0 fully saturated rings. The number of nitrogens with zero attached hydrogens (tertiary/aromatic N) is 2. The summed E-state index contributed by atoms with van der Waals surface area (Å²) >= 11 is 0. The van der Waals surface area contributed by atoms with Crippen LogP contribution >= 0.6 is 0 Å². The van der Waals surface area contributed by atoms with E-state index in [1.54, 1.807) is 27.0 Å². The topological polar surface area (TPSA) is 82.2 Å². The standard InChI is InChI=1S/C17H21F3N4O2/c1-16(2,3)26-15(25)22-4-5-24-10-12(9-23-24)11-6-13(17(18,19)20)8-14(21)7-11/h6-10H,4-5,21H2,1-3H3,(H,22,25). The Morgan fingerprint density at radius 2 is 1.92 bits per heavy atom. The van der Waals surface area contributed by atoms with Gasteiger partial charge in [0.2, 0.25) is 0 Å². The van der Waals surface area contributed by atoms with E-state index in [4.69, 9.17) is 10.5 Å². The molecule has 0 radical (unpaired) electrons. The molecule has 0 unspecified atom stereocenters. The Kier molecular flexibility index (Phi) is 5.48. The predicted molar refractivity (Wildman–Crippen MR) is 91.3 cm³/mol. The van der Waals surface area contributed by atoms with Gasteiger partial charge in [0, 0.05) is 24.0 Å². The molecular weight excluding hydrogens is 349 g/mol. The maximum Gasteiger partial charge on any atom is 0.416 e. The minimum absolute atomic E-state index is 0.0224. The highest BCUT2D eigenvalue weighted by Gasteiger charge is 2.31. The molecule has 26 heavy (non-hydrogen) atoms. The van der Waals surface area contributed by atoms with Crippen LogP contribution in [-0.2, 0) is 17.5 Å². The van der Waals surface area contributed by atoms with Crippen LogP contribution in [0.4, 0.5) is 23.7 Å². The van der Waals surface area contributed by atoms with Crippen LogP contribution in [0.15, 0.2) is 30.6 Å². The predicted octanol–water partition coefficient (Wildman–Crippen LogP) is 3.68. The lowest BCUT2D eigenvalue weighted by molar-refractivity contribution is -0.137. The fourth-order valence-corrected chi connectivity index (χ4v) is 2.20. The minimum atomic E-state index is -4.47. The first-order chi connectivity index (χ1) is 11.9. The van der Waals surface area contributed by atoms with E-state index in [2.05, 4.69) is 10.4 Å². The van der Waals surface area contributed by atoms with Crippen molar-refractivity contribution >= 4 is 11.8 Å². The molecule has 2 aromatic rings. The molecule has 9 heteroatoms. The number of hydrogen-bond donors (Lipinski definition) is 2. The van der Waals surface area contributed by atoms with Crippen molar-refractivity contribution in [2.75, 3.05) is 12.3 Å². The number of carbonyl (C=O) groups excluding carboxylic acids is 1. The van der Waals surface area contributed by atoms with Crippen LogP contribution in [0.1, 0.15) is 26.3 Å². The van der Waals surface area contributed by atoms with Crippen LogP contribution in [-0.4, -0.2) is 28.0 Å². The van der Waals surface area contributed by atoms with Gasteiger partial charge in [0.1, 0.15) is 5.60 Å². The lowest BCUT2D eigenvalue weighted by Gasteiger charge is -2.19. The molecule has 0 saturated carbocycles. The number of hydrogen-bond acceptors (Lipinski definition) is 4. The van der Waals surface area contributed by atoms with Crippen LogP contribution in [0.2, 0.25) is 0 Å². The molecule has 0 saturated heterocycles. The third kappa shape index (κ3) is 5.68. The molecular formula is C17H21F3N4O2. The van der Waals surface area contributed by atoms with E-state index in [1.807, 2.05) is 0 Å². The van der Waals surface area contributed by atoms with Gasteiger partial charge < -0.3 is 15.8 Å². The summed E-state index contributed by atoms with van der Waals surface area (Å²) in [5, 5.41) is 6.67. The normalized spacial score (nSPS) is 12.1. The molecule has 0 aliphatic rings. The second-order valence-corrected chi connectivity index (χ2v) is 6.76. The minimum Gasteiger partial charge on any atom is -0.444 e. The molecule has 0 aliphatic heterocycles. The lowest BCUT2D eigenvalue weighted by Crippen LogP contribution is -2.34. The number of benzene rings is 1. The second-order valence-electron chi connectivity index (χ2n) is 6.76. The van der Waals surface area contributed by atoms with Crippen LogP contribution < -0.4 is 11.1 Å². The van der Waals surface area contributed by atoms with Gasteiger partial charge in [0.15, 0.2) is 0 Å². The number of alkyl halides is 3. The first-order valence-corrected chi connectivity index (χ1v) is 7.91. The molecule has 1 aromatic carbocycles. The molecule has 1 heterocycles. The maximum absolute atomic E-state index is 12.9. The SMILES string of the molecule is CC(C)(C)OC(=O)NCCn1cc(-c2cc(N)cc(C(F)(F)F)c2)cn1. The fraction of sp³-hybridized carbons (Fsp3) is 0.412. The van der Waals surface area contributed by atoms with Gasteiger partial charge in [-0.25, -0.2) is 4.79 Å². The summed E-state index contributed by atoms with van der Waals surface area (Å²) in [5.74, 6) is 0. The summed E-state index contributed by atoms with van der Waals surface area (Å²) < 4.78 is 45.3. The van der Waals surface area contributed by atoms with Crippen LogP contribution in [0, 0.1) is 0 Å². The van der Waals surface area contributed by atoms with Crippen molar-refractivity contribution in [3.63, 3.8) is 0 Å². The molecule has 3 N–H and O–H groups in total. The van der Waals surface area contributed by atoms with Gasteiger partial charge in [-0.3, -0.25) is 4.68 Å². The average molecular weight is 370 g/mol. The number of nitrogens with one attached hydrogen (secondary N) is 1. The molecule has 0 bridgehead atoms. The van der Waals surface area contributed by atoms with E-state index in [0.29, 0.717) is 17.7 Å². The first-order valence-electron chi connectivity index (χ1n) is 7.91. The quantitative estimate of drug-likeness (QED) is 0.805. The molecule has 0 aliphatic carbocycles. The number of alkyl carbamates (subject to hydrolysis) is 1. The van der Waals surface area contributed by atoms with Crippen molar-refractivity contribution in [1.29, 1.82) is 0 Å². The van der Waals surface area contributed by atoms with Crippen molar-refractivity contribution in [2.24, 2.45) is 0 Å². The summed E-state index contributed by atoms with van der Waals surface area (Å²) in [5.41, 5.74) is 5.02. The van der Waals surface area contributed by atoms with Crippen LogP contribution in [0.25, 0.3) is 11.1 Å². The summed E-state index contributed by atoms with van der Waals surface area (Å²) in [6, 6.07) is 3.37. The second kappa shape index (κ2) is 7.27. The van der Waals surface area contributed by atoms with E-state index < -0.39 is 23.4 Å². The molecule has 0 atom stereocenters. The van der Waals surface area contributed by atoms with Gasteiger partial charge in [0.05, 0.1) is 18.3 Å². The number of rotatable bonds is 4. The maximum atomic E-state index is 12.9. The fourth-order valence-electron chi connectivity index (χ4n) is 2.20. The van der Waals surface area contributed by atoms with Crippen molar-refractivity contribution in [3.05, 3.63) is 36.2 Å². The van der Waals surface area contributed by atoms with Gasteiger partial charge >= 0.3 is 12.3 Å². The molecule has 0 spiro atoms. The Labute approximate surface area is 149 Å². The molecule has 6 nitrogen and oxygen atoms in total.